The molecule has 1 aliphatic carbocycles. The van der Waals surface area contributed by atoms with Gasteiger partial charge in [-0.3, -0.25) is 4.90 Å². The monoisotopic (exact) mass is 228 g/mol. The summed E-state index contributed by atoms with van der Waals surface area (Å²) in [5, 5.41) is 8.92. The van der Waals surface area contributed by atoms with Crippen LogP contribution in [0.5, 0.6) is 0 Å². The molecule has 3 heteroatoms. The van der Waals surface area contributed by atoms with Gasteiger partial charge in [0.25, 0.3) is 0 Å². The Kier molecular flexibility index (Phi) is 7.01. The smallest absolute Gasteiger partial charge is 0.0443 e. The topological polar surface area (TPSA) is 26.7 Å². The first kappa shape index (κ1) is 13.9. The van der Waals surface area contributed by atoms with Crippen LogP contribution in [0.15, 0.2) is 0 Å². The van der Waals surface area contributed by atoms with Gasteiger partial charge >= 0.3 is 0 Å². The molecule has 3 nitrogen and oxygen atoms in total. The third-order valence-corrected chi connectivity index (χ3v) is 3.79. The van der Waals surface area contributed by atoms with E-state index in [1.54, 1.807) is 0 Å². The largest absolute Gasteiger partial charge is 0.396 e. The summed E-state index contributed by atoms with van der Waals surface area (Å²) < 4.78 is 0. The van der Waals surface area contributed by atoms with Crippen molar-refractivity contribution < 1.29 is 5.11 Å². The van der Waals surface area contributed by atoms with Gasteiger partial charge in [0.2, 0.25) is 0 Å². The molecule has 0 saturated heterocycles. The van der Waals surface area contributed by atoms with Crippen LogP contribution in [0.2, 0.25) is 0 Å². The summed E-state index contributed by atoms with van der Waals surface area (Å²) in [7, 11) is 0. The van der Waals surface area contributed by atoms with Crippen molar-refractivity contribution in [3.8, 4) is 0 Å². The quantitative estimate of drug-likeness (QED) is 0.649. The zero-order valence-electron chi connectivity index (χ0n) is 11.0. The summed E-state index contributed by atoms with van der Waals surface area (Å²) in [6, 6.07) is 0.808. The fourth-order valence-electron chi connectivity index (χ4n) is 2.31. The molecule has 0 aromatic rings. The first-order valence-corrected chi connectivity index (χ1v) is 6.89. The Bertz CT molecular complexity index is 167. The molecular formula is C13H28N2O. The molecule has 0 radical (unpaired) electrons. The van der Waals surface area contributed by atoms with E-state index >= 15 is 0 Å². The number of likely N-dealkylation sites (N-methyl/N-ethyl adjacent to an activating group) is 1. The lowest BCUT2D eigenvalue weighted by Gasteiger charge is -2.38. The highest BCUT2D eigenvalue weighted by atomic mass is 16.3. The first-order chi connectivity index (χ1) is 7.81. The highest BCUT2D eigenvalue weighted by Gasteiger charge is 2.24. The number of aliphatic hydroxyl groups excluding tert-OH is 1. The zero-order chi connectivity index (χ0) is 11.8. The molecule has 96 valence electrons. The molecule has 1 N–H and O–H groups in total. The fraction of sp³-hybridized carbons (Fsp3) is 1.00. The van der Waals surface area contributed by atoms with Crippen LogP contribution in [-0.2, 0) is 0 Å². The molecule has 16 heavy (non-hydrogen) atoms. The Morgan fingerprint density at radius 2 is 1.75 bits per heavy atom. The van der Waals surface area contributed by atoms with Crippen LogP contribution in [0, 0.1) is 0 Å². The van der Waals surface area contributed by atoms with Crippen molar-refractivity contribution in [3.05, 3.63) is 0 Å². The van der Waals surface area contributed by atoms with Gasteiger partial charge in [-0.1, -0.05) is 20.3 Å². The first-order valence-electron chi connectivity index (χ1n) is 6.89. The standard InChI is InChI=1S/C13H28N2O/c1-3-14(4-2)10-11-15(9-6-12-16)13-7-5-8-13/h13,16H,3-12H2,1-2H3. The molecule has 1 rings (SSSR count). The number of hydrogen-bond acceptors (Lipinski definition) is 3. The lowest BCUT2D eigenvalue weighted by atomic mass is 9.91. The Hall–Kier alpha value is -0.120. The molecule has 1 fully saturated rings. The Labute approximate surface area is 100 Å². The highest BCUT2D eigenvalue weighted by Crippen LogP contribution is 2.24. The van der Waals surface area contributed by atoms with Crippen molar-refractivity contribution in [2.75, 3.05) is 39.3 Å². The maximum Gasteiger partial charge on any atom is 0.0443 e. The van der Waals surface area contributed by atoms with Crippen molar-refractivity contribution in [3.63, 3.8) is 0 Å². The third-order valence-electron chi connectivity index (χ3n) is 3.79. The maximum atomic E-state index is 8.92. The number of nitrogens with zero attached hydrogens (tertiary/aromatic N) is 2. The van der Waals surface area contributed by atoms with Gasteiger partial charge in [0.05, 0.1) is 0 Å². The average Bonchev–Trinajstić information content (AvgIpc) is 2.24. The van der Waals surface area contributed by atoms with Crippen LogP contribution in [0.4, 0.5) is 0 Å². The van der Waals surface area contributed by atoms with Crippen molar-refractivity contribution in [1.82, 2.24) is 9.80 Å². The van der Waals surface area contributed by atoms with Crippen LogP contribution >= 0.6 is 0 Å². The predicted molar refractivity (Wildman–Crippen MR) is 68.7 cm³/mol. The summed E-state index contributed by atoms with van der Waals surface area (Å²) in [4.78, 5) is 5.06. The van der Waals surface area contributed by atoms with Gasteiger partial charge in [0.15, 0.2) is 0 Å². The second-order valence-electron chi connectivity index (χ2n) is 4.72. The number of aliphatic hydroxyl groups is 1. The van der Waals surface area contributed by atoms with Gasteiger partial charge < -0.3 is 10.0 Å². The molecule has 0 aromatic carbocycles. The highest BCUT2D eigenvalue weighted by molar-refractivity contribution is 4.80. The minimum atomic E-state index is 0.328. The summed E-state index contributed by atoms with van der Waals surface area (Å²) in [5.74, 6) is 0. The van der Waals surface area contributed by atoms with Crippen LogP contribution < -0.4 is 0 Å². The van der Waals surface area contributed by atoms with Gasteiger partial charge in [-0.2, -0.15) is 0 Å². The van der Waals surface area contributed by atoms with E-state index in [0.29, 0.717) is 6.61 Å². The lowest BCUT2D eigenvalue weighted by molar-refractivity contribution is 0.102. The molecule has 0 bridgehead atoms. The van der Waals surface area contributed by atoms with E-state index in [1.165, 1.54) is 32.4 Å². The second-order valence-corrected chi connectivity index (χ2v) is 4.72. The number of hydrogen-bond donors (Lipinski definition) is 1. The van der Waals surface area contributed by atoms with E-state index in [9.17, 15) is 0 Å². The van der Waals surface area contributed by atoms with Crippen LogP contribution in [0.3, 0.4) is 0 Å². The molecule has 0 atom stereocenters. The summed E-state index contributed by atoms with van der Waals surface area (Å²) in [6.45, 7) is 10.5. The number of rotatable bonds is 9. The second kappa shape index (κ2) is 8.04. The maximum absolute atomic E-state index is 8.92. The predicted octanol–water partition coefficient (Wildman–Crippen LogP) is 1.57. The lowest BCUT2D eigenvalue weighted by Crippen LogP contribution is -2.45. The minimum Gasteiger partial charge on any atom is -0.396 e. The molecule has 0 spiro atoms. The van der Waals surface area contributed by atoms with Gasteiger partial charge in [-0.15, -0.1) is 0 Å². The average molecular weight is 228 g/mol. The van der Waals surface area contributed by atoms with Gasteiger partial charge in [0.1, 0.15) is 0 Å². The SMILES string of the molecule is CCN(CC)CCN(CCCO)C1CCC1. The van der Waals surface area contributed by atoms with E-state index in [1.807, 2.05) is 0 Å². The van der Waals surface area contributed by atoms with Gasteiger partial charge in [-0.25, -0.2) is 0 Å². The van der Waals surface area contributed by atoms with Crippen molar-refractivity contribution in [2.24, 2.45) is 0 Å². The molecule has 1 saturated carbocycles. The molecule has 0 heterocycles. The third kappa shape index (κ3) is 4.40. The minimum absolute atomic E-state index is 0.328. The van der Waals surface area contributed by atoms with Crippen LogP contribution in [-0.4, -0.2) is 60.3 Å². The van der Waals surface area contributed by atoms with E-state index in [4.69, 9.17) is 5.11 Å². The van der Waals surface area contributed by atoms with Gasteiger partial charge in [-0.05, 0) is 32.4 Å². The molecule has 0 aromatic heterocycles. The van der Waals surface area contributed by atoms with Crippen LogP contribution in [0.1, 0.15) is 39.5 Å². The molecule has 0 amide bonds. The van der Waals surface area contributed by atoms with Crippen LogP contribution in [0.25, 0.3) is 0 Å². The Balaban J connectivity index is 2.25. The Morgan fingerprint density at radius 1 is 1.06 bits per heavy atom. The zero-order valence-corrected chi connectivity index (χ0v) is 11.0. The van der Waals surface area contributed by atoms with Crippen molar-refractivity contribution >= 4 is 0 Å². The van der Waals surface area contributed by atoms with Gasteiger partial charge in [0, 0.05) is 32.3 Å². The molecule has 0 aliphatic heterocycles. The van der Waals surface area contributed by atoms with E-state index < -0.39 is 0 Å². The Morgan fingerprint density at radius 3 is 2.19 bits per heavy atom. The van der Waals surface area contributed by atoms with E-state index in [0.717, 1.165) is 32.1 Å². The van der Waals surface area contributed by atoms with E-state index in [-0.39, 0.29) is 0 Å². The fourth-order valence-corrected chi connectivity index (χ4v) is 2.31. The molecule has 1 aliphatic rings. The normalized spacial score (nSPS) is 17.1. The molecular weight excluding hydrogens is 200 g/mol. The van der Waals surface area contributed by atoms with Crippen molar-refractivity contribution in [2.45, 2.75) is 45.6 Å². The van der Waals surface area contributed by atoms with Crippen molar-refractivity contribution in [1.29, 1.82) is 0 Å². The molecule has 0 unspecified atom stereocenters. The summed E-state index contributed by atoms with van der Waals surface area (Å²) in [5.41, 5.74) is 0. The summed E-state index contributed by atoms with van der Waals surface area (Å²) >= 11 is 0. The van der Waals surface area contributed by atoms with E-state index in [2.05, 4.69) is 23.6 Å². The summed E-state index contributed by atoms with van der Waals surface area (Å²) in [6.07, 6.45) is 5.05.